The van der Waals surface area contributed by atoms with Crippen LogP contribution in [0.2, 0.25) is 0 Å². The van der Waals surface area contributed by atoms with E-state index in [1.54, 1.807) is 0 Å². The van der Waals surface area contributed by atoms with E-state index in [-0.39, 0.29) is 0 Å². The fourth-order valence-corrected chi connectivity index (χ4v) is 1.44. The first-order chi connectivity index (χ1) is 8.86. The third-order valence-electron chi connectivity index (χ3n) is 2.30. The second kappa shape index (κ2) is 9.74. The highest BCUT2D eigenvalue weighted by molar-refractivity contribution is 5.31. The predicted octanol–water partition coefficient (Wildman–Crippen LogP) is 2.09. The zero-order valence-electron chi connectivity index (χ0n) is 11.3. The second-order valence-corrected chi connectivity index (χ2v) is 3.72. The maximum absolute atomic E-state index is 5.54. The quantitative estimate of drug-likeness (QED) is 0.648. The van der Waals surface area contributed by atoms with Crippen LogP contribution in [0, 0.1) is 0 Å². The maximum Gasteiger partial charge on any atom is 0.119 e. The van der Waals surface area contributed by atoms with E-state index in [2.05, 4.69) is 12.2 Å². The van der Waals surface area contributed by atoms with Gasteiger partial charge in [-0.05, 0) is 37.7 Å². The minimum absolute atomic E-state index is 0.570. The Bertz CT molecular complexity index is 300. The van der Waals surface area contributed by atoms with Gasteiger partial charge in [0.15, 0.2) is 0 Å². The SMILES string of the molecule is CCNCCOCCOc1ccc(OCC)cc1. The Morgan fingerprint density at radius 2 is 1.56 bits per heavy atom. The molecule has 0 saturated heterocycles. The lowest BCUT2D eigenvalue weighted by Gasteiger charge is -2.08. The molecular weight excluding hydrogens is 230 g/mol. The molecule has 0 radical (unpaired) electrons. The van der Waals surface area contributed by atoms with E-state index in [1.165, 1.54) is 0 Å². The summed E-state index contributed by atoms with van der Waals surface area (Å²) in [5.74, 6) is 1.71. The van der Waals surface area contributed by atoms with Crippen LogP contribution in [0.4, 0.5) is 0 Å². The van der Waals surface area contributed by atoms with Crippen molar-refractivity contribution >= 4 is 0 Å². The second-order valence-electron chi connectivity index (χ2n) is 3.72. The third-order valence-corrected chi connectivity index (χ3v) is 2.30. The van der Waals surface area contributed by atoms with E-state index in [0.717, 1.165) is 31.2 Å². The first-order valence-electron chi connectivity index (χ1n) is 6.51. The van der Waals surface area contributed by atoms with Crippen LogP contribution >= 0.6 is 0 Å². The molecule has 0 heterocycles. The molecule has 0 bridgehead atoms. The van der Waals surface area contributed by atoms with Gasteiger partial charge in [0.25, 0.3) is 0 Å². The molecule has 18 heavy (non-hydrogen) atoms. The molecule has 1 aromatic rings. The molecule has 0 amide bonds. The highest BCUT2D eigenvalue weighted by Gasteiger charge is 1.95. The van der Waals surface area contributed by atoms with E-state index in [1.807, 2.05) is 31.2 Å². The largest absolute Gasteiger partial charge is 0.494 e. The van der Waals surface area contributed by atoms with E-state index in [4.69, 9.17) is 14.2 Å². The number of likely N-dealkylation sites (N-methyl/N-ethyl adjacent to an activating group) is 1. The summed E-state index contributed by atoms with van der Waals surface area (Å²) in [6.07, 6.45) is 0. The molecule has 1 aromatic carbocycles. The highest BCUT2D eigenvalue weighted by atomic mass is 16.5. The number of rotatable bonds is 10. The number of hydrogen-bond donors (Lipinski definition) is 1. The van der Waals surface area contributed by atoms with Crippen LogP contribution < -0.4 is 14.8 Å². The number of nitrogens with one attached hydrogen (secondary N) is 1. The van der Waals surface area contributed by atoms with Gasteiger partial charge in [-0.15, -0.1) is 0 Å². The molecule has 0 unspecified atom stereocenters. The molecule has 0 aliphatic rings. The molecule has 0 saturated carbocycles. The van der Waals surface area contributed by atoms with Gasteiger partial charge in [-0.2, -0.15) is 0 Å². The molecule has 0 aliphatic heterocycles. The molecule has 102 valence electrons. The van der Waals surface area contributed by atoms with Gasteiger partial charge in [0.1, 0.15) is 18.1 Å². The Morgan fingerprint density at radius 3 is 2.17 bits per heavy atom. The van der Waals surface area contributed by atoms with Crippen molar-refractivity contribution < 1.29 is 14.2 Å². The molecule has 0 spiro atoms. The predicted molar refractivity (Wildman–Crippen MR) is 72.5 cm³/mol. The lowest BCUT2D eigenvalue weighted by atomic mass is 10.3. The van der Waals surface area contributed by atoms with E-state index in [9.17, 15) is 0 Å². The van der Waals surface area contributed by atoms with Crippen LogP contribution in [0.5, 0.6) is 11.5 Å². The minimum atomic E-state index is 0.570. The standard InChI is InChI=1S/C14H23NO3/c1-3-15-9-10-16-11-12-18-14-7-5-13(6-8-14)17-4-2/h5-8,15H,3-4,9-12H2,1-2H3. The summed E-state index contributed by atoms with van der Waals surface area (Å²) in [4.78, 5) is 0. The Labute approximate surface area is 109 Å². The van der Waals surface area contributed by atoms with Crippen molar-refractivity contribution in [3.8, 4) is 11.5 Å². The Balaban J connectivity index is 2.08. The molecule has 0 fully saturated rings. The van der Waals surface area contributed by atoms with Gasteiger partial charge in [0.2, 0.25) is 0 Å². The average Bonchev–Trinajstić information content (AvgIpc) is 2.40. The summed E-state index contributed by atoms with van der Waals surface area (Å²) in [6, 6.07) is 7.63. The lowest BCUT2D eigenvalue weighted by molar-refractivity contribution is 0.102. The van der Waals surface area contributed by atoms with Crippen LogP contribution in [0.1, 0.15) is 13.8 Å². The molecule has 1 rings (SSSR count). The topological polar surface area (TPSA) is 39.7 Å². The van der Waals surface area contributed by atoms with Crippen molar-refractivity contribution in [2.24, 2.45) is 0 Å². The Morgan fingerprint density at radius 1 is 0.889 bits per heavy atom. The van der Waals surface area contributed by atoms with Gasteiger partial charge in [0, 0.05) is 6.54 Å². The van der Waals surface area contributed by atoms with Crippen LogP contribution in [0.3, 0.4) is 0 Å². The summed E-state index contributed by atoms with van der Waals surface area (Å²) in [7, 11) is 0. The Hall–Kier alpha value is -1.26. The van der Waals surface area contributed by atoms with Crippen LogP contribution in [-0.4, -0.2) is 39.5 Å². The lowest BCUT2D eigenvalue weighted by Crippen LogP contribution is -2.20. The first kappa shape index (κ1) is 14.8. The number of ether oxygens (including phenoxy) is 3. The molecular formula is C14H23NO3. The van der Waals surface area contributed by atoms with Gasteiger partial charge in [-0.1, -0.05) is 6.92 Å². The Kier molecular flexibility index (Phi) is 8.01. The summed E-state index contributed by atoms with van der Waals surface area (Å²) in [5.41, 5.74) is 0. The molecule has 0 aromatic heterocycles. The van der Waals surface area contributed by atoms with Crippen molar-refractivity contribution in [2.45, 2.75) is 13.8 Å². The van der Waals surface area contributed by atoms with Crippen molar-refractivity contribution in [3.63, 3.8) is 0 Å². The first-order valence-corrected chi connectivity index (χ1v) is 6.51. The number of benzene rings is 1. The normalized spacial score (nSPS) is 10.3. The zero-order valence-corrected chi connectivity index (χ0v) is 11.3. The van der Waals surface area contributed by atoms with Gasteiger partial charge in [-0.25, -0.2) is 0 Å². The molecule has 0 aliphatic carbocycles. The summed E-state index contributed by atoms with van der Waals surface area (Å²) in [5, 5.41) is 3.20. The molecule has 4 heteroatoms. The highest BCUT2D eigenvalue weighted by Crippen LogP contribution is 2.17. The molecule has 0 atom stereocenters. The zero-order chi connectivity index (χ0) is 13.1. The van der Waals surface area contributed by atoms with Gasteiger partial charge in [0.05, 0.1) is 19.8 Å². The minimum Gasteiger partial charge on any atom is -0.494 e. The smallest absolute Gasteiger partial charge is 0.119 e. The van der Waals surface area contributed by atoms with Crippen LogP contribution in [-0.2, 0) is 4.74 Å². The molecule has 4 nitrogen and oxygen atoms in total. The average molecular weight is 253 g/mol. The number of hydrogen-bond acceptors (Lipinski definition) is 4. The maximum atomic E-state index is 5.54. The van der Waals surface area contributed by atoms with Gasteiger partial charge >= 0.3 is 0 Å². The third kappa shape index (κ3) is 6.47. The van der Waals surface area contributed by atoms with Crippen molar-refractivity contribution in [3.05, 3.63) is 24.3 Å². The monoisotopic (exact) mass is 253 g/mol. The van der Waals surface area contributed by atoms with E-state index < -0.39 is 0 Å². The summed E-state index contributed by atoms with van der Waals surface area (Å²) < 4.78 is 16.3. The van der Waals surface area contributed by atoms with E-state index in [0.29, 0.717) is 19.8 Å². The fourth-order valence-electron chi connectivity index (χ4n) is 1.44. The summed E-state index contributed by atoms with van der Waals surface area (Å²) in [6.45, 7) is 8.49. The van der Waals surface area contributed by atoms with Crippen molar-refractivity contribution in [1.82, 2.24) is 5.32 Å². The van der Waals surface area contributed by atoms with E-state index >= 15 is 0 Å². The van der Waals surface area contributed by atoms with Crippen molar-refractivity contribution in [1.29, 1.82) is 0 Å². The van der Waals surface area contributed by atoms with Crippen LogP contribution in [0.25, 0.3) is 0 Å². The van der Waals surface area contributed by atoms with Gasteiger partial charge in [-0.3, -0.25) is 0 Å². The van der Waals surface area contributed by atoms with Gasteiger partial charge < -0.3 is 19.5 Å². The summed E-state index contributed by atoms with van der Waals surface area (Å²) >= 11 is 0. The molecule has 1 N–H and O–H groups in total. The van der Waals surface area contributed by atoms with Crippen molar-refractivity contribution in [2.75, 3.05) is 39.5 Å². The fraction of sp³-hybridized carbons (Fsp3) is 0.571. The van der Waals surface area contributed by atoms with Crippen LogP contribution in [0.15, 0.2) is 24.3 Å².